The zero-order valence-corrected chi connectivity index (χ0v) is 13.9. The van der Waals surface area contributed by atoms with Gasteiger partial charge in [0.1, 0.15) is 0 Å². The summed E-state index contributed by atoms with van der Waals surface area (Å²) in [6, 6.07) is 0. The molecule has 104 valence electrons. The summed E-state index contributed by atoms with van der Waals surface area (Å²) in [4.78, 5) is 8.73. The van der Waals surface area contributed by atoms with Crippen LogP contribution in [0.1, 0.15) is 27.7 Å². The molecule has 0 amide bonds. The predicted octanol–water partition coefficient (Wildman–Crippen LogP) is 5.63. The van der Waals surface area contributed by atoms with Gasteiger partial charge in [0.05, 0.1) is 0 Å². The molecular weight excluding hydrogens is 295 g/mol. The molecule has 10 heterocycles. The van der Waals surface area contributed by atoms with Crippen molar-refractivity contribution in [3.05, 3.63) is 0 Å². The van der Waals surface area contributed by atoms with Gasteiger partial charge in [-0.1, -0.05) is 0 Å². The van der Waals surface area contributed by atoms with E-state index in [9.17, 15) is 4.57 Å². The van der Waals surface area contributed by atoms with Gasteiger partial charge in [-0.25, -0.2) is 0 Å². The molecule has 0 aliphatic carbocycles. The summed E-state index contributed by atoms with van der Waals surface area (Å²) >= 11 is 0. The Labute approximate surface area is 105 Å². The summed E-state index contributed by atoms with van der Waals surface area (Å²) in [6.07, 6.45) is 0. The molecule has 0 aromatic heterocycles. The second-order valence-electron chi connectivity index (χ2n) is 12.3. The Kier molecular flexibility index (Phi) is 0.301. The Morgan fingerprint density at radius 3 is 1.68 bits per heavy atom. The topological polar surface area (TPSA) is 17.1 Å². The van der Waals surface area contributed by atoms with E-state index in [-0.39, 0.29) is 0 Å². The van der Waals surface area contributed by atoms with Gasteiger partial charge in [-0.2, -0.15) is 0 Å². The first-order valence-electron chi connectivity index (χ1n) is 8.33. The number of hydrogen-bond acceptors (Lipinski definition) is 1. The molecule has 10 aliphatic rings. The Balaban J connectivity index is 1.72. The molecule has 5 unspecified atom stereocenters. The van der Waals surface area contributed by atoms with E-state index in [1.807, 2.05) is 0 Å². The van der Waals surface area contributed by atoms with Crippen LogP contribution >= 0.6 is 8.46 Å². The normalized spacial score (nSPS) is 117. The van der Waals surface area contributed by atoms with E-state index in [2.05, 4.69) is 27.7 Å². The standard InChI is InChI=1S/C11H16OP.C5H5.Fe/c1-7(2)9-5-6-10(13-12)11(9)8(3)4;1-2-4-5-3-1;/h5-8H,1-4H3;1-5H;. The van der Waals surface area contributed by atoms with E-state index in [0.717, 1.165) is 25.3 Å². The molecule has 0 bridgehead atoms. The average molecular weight is 316 g/mol. The zero-order chi connectivity index (χ0) is 12.7. The third kappa shape index (κ3) is 0.0781. The summed E-state index contributed by atoms with van der Waals surface area (Å²) < 4.78 is 14.7. The molecule has 0 N–H and O–H groups in total. The van der Waals surface area contributed by atoms with Crippen LogP contribution in [0, 0.1) is 11.8 Å². The van der Waals surface area contributed by atoms with E-state index >= 15 is 0 Å². The third-order valence-corrected chi connectivity index (χ3v) is 65.8. The van der Waals surface area contributed by atoms with Crippen LogP contribution in [0.2, 0.25) is 42.3 Å². The summed E-state index contributed by atoms with van der Waals surface area (Å²) in [5.41, 5.74) is 0. The summed E-state index contributed by atoms with van der Waals surface area (Å²) in [5.74, 6) is 1.79. The fourth-order valence-corrected chi connectivity index (χ4v) is 112. The van der Waals surface area contributed by atoms with Crippen LogP contribution in [0.25, 0.3) is 0 Å². The Hall–Kier alpha value is 0.619. The second-order valence-corrected chi connectivity index (χ2v) is 36.5. The monoisotopic (exact) mass is 316 g/mol. The van der Waals surface area contributed by atoms with Crippen molar-refractivity contribution in [2.45, 2.75) is 74.1 Å². The van der Waals surface area contributed by atoms with Crippen LogP contribution < -0.4 is 0 Å². The molecule has 10 rings (SSSR count). The van der Waals surface area contributed by atoms with Crippen molar-refractivity contribution in [1.29, 1.82) is 0 Å². The molecule has 0 saturated carbocycles. The van der Waals surface area contributed by atoms with Gasteiger partial charge in [-0.15, -0.1) is 0 Å². The molecule has 0 aromatic rings. The number of fused-ring (bicyclic) bond motifs is 10. The molecule has 5 atom stereocenters. The van der Waals surface area contributed by atoms with E-state index < -0.39 is 6.51 Å². The quantitative estimate of drug-likeness (QED) is 0.487. The fourth-order valence-electron chi connectivity index (χ4n) is 20.9. The third-order valence-electron chi connectivity index (χ3n) is 17.0. The number of rotatable bonds is 3. The molecule has 0 radical (unpaired) electrons. The molecule has 19 heavy (non-hydrogen) atoms. The molecule has 0 aromatic carbocycles. The van der Waals surface area contributed by atoms with Crippen molar-refractivity contribution < 1.29 is 11.1 Å². The van der Waals surface area contributed by atoms with Gasteiger partial charge in [-0.05, 0) is 0 Å². The van der Waals surface area contributed by atoms with Gasteiger partial charge in [0.2, 0.25) is 0 Å². The van der Waals surface area contributed by atoms with Crippen molar-refractivity contribution >= 4 is 8.46 Å². The van der Waals surface area contributed by atoms with Crippen LogP contribution in [0.4, 0.5) is 0 Å². The first-order chi connectivity index (χ1) is 8.78. The zero-order valence-electron chi connectivity index (χ0n) is 11.9. The Morgan fingerprint density at radius 2 is 1.42 bits per heavy atom. The molecule has 3 heteroatoms. The van der Waals surface area contributed by atoms with Gasteiger partial charge in [0, 0.05) is 0 Å². The van der Waals surface area contributed by atoms with E-state index in [1.165, 1.54) is 28.9 Å². The van der Waals surface area contributed by atoms with Crippen LogP contribution in [0.15, 0.2) is 0 Å². The van der Waals surface area contributed by atoms with Gasteiger partial charge in [0.15, 0.2) is 0 Å². The summed E-state index contributed by atoms with van der Waals surface area (Å²) in [5, 5.41) is 0. The van der Waals surface area contributed by atoms with Crippen molar-refractivity contribution in [2.75, 3.05) is 0 Å². The first kappa shape index (κ1) is 8.30. The SMILES string of the molecule is CC(C)[C]12[CH]3[CH]4[C]5(P=O)[C]1(C(C)C)[Fe]43521678[CH]2[CH]1[CH]6[CH]7[CH]28. The Bertz CT molecular complexity index is 1090. The van der Waals surface area contributed by atoms with Gasteiger partial charge < -0.3 is 0 Å². The van der Waals surface area contributed by atoms with Crippen LogP contribution in [-0.4, -0.2) is 4.05 Å². The first-order valence-corrected chi connectivity index (χ1v) is 15.3. The van der Waals surface area contributed by atoms with Crippen molar-refractivity contribution in [1.82, 2.24) is 0 Å². The molecule has 1 nitrogen and oxygen atoms in total. The fraction of sp³-hybridized carbons (Fsp3) is 1.00. The van der Waals surface area contributed by atoms with Crippen LogP contribution in [0.3, 0.4) is 0 Å². The van der Waals surface area contributed by atoms with Crippen LogP contribution in [0.5, 0.6) is 0 Å². The van der Waals surface area contributed by atoms with Gasteiger partial charge in [-0.3, -0.25) is 0 Å². The molecule has 10 aliphatic heterocycles. The maximum atomic E-state index is 12.6. The minimum atomic E-state index is -3.44. The van der Waals surface area contributed by atoms with E-state index in [4.69, 9.17) is 0 Å². The van der Waals surface area contributed by atoms with Crippen molar-refractivity contribution in [3.8, 4) is 0 Å². The summed E-state index contributed by atoms with van der Waals surface area (Å²) in [7, 11) is 0.673. The van der Waals surface area contributed by atoms with E-state index in [1.54, 1.807) is 0 Å². The predicted molar refractivity (Wildman–Crippen MR) is 71.6 cm³/mol. The van der Waals surface area contributed by atoms with Crippen molar-refractivity contribution in [3.63, 3.8) is 0 Å². The average Bonchev–Trinajstić information content (AvgIpc) is 3.30. The Morgan fingerprint density at radius 1 is 0.895 bits per heavy atom. The van der Waals surface area contributed by atoms with Crippen LogP contribution in [-0.2, 0) is 11.1 Å². The van der Waals surface area contributed by atoms with Crippen molar-refractivity contribution in [2.24, 2.45) is 11.8 Å². The summed E-state index contributed by atoms with van der Waals surface area (Å²) in [6.45, 7) is 6.78. The maximum absolute atomic E-state index is 12.6. The van der Waals surface area contributed by atoms with Gasteiger partial charge >= 0.3 is 105 Å². The molecule has 10 saturated heterocycles. The molecular formula is C16H21FeOP. The molecule has 1 spiro atoms. The van der Waals surface area contributed by atoms with E-state index in [0.29, 0.717) is 12.5 Å². The second kappa shape index (κ2) is 0.689. The minimum absolute atomic E-state index is 0.514. The number of hydrogen-bond donors (Lipinski definition) is 0. The molecule has 10 fully saturated rings. The van der Waals surface area contributed by atoms with Gasteiger partial charge in [0.25, 0.3) is 0 Å².